The van der Waals surface area contributed by atoms with E-state index in [-0.39, 0.29) is 5.56 Å². The van der Waals surface area contributed by atoms with Gasteiger partial charge in [-0.15, -0.1) is 0 Å². The Morgan fingerprint density at radius 3 is 2.55 bits per heavy atom. The number of aromatic carboxylic acids is 1. The van der Waals surface area contributed by atoms with Gasteiger partial charge in [-0.25, -0.2) is 4.79 Å². The molecule has 5 heteroatoms. The van der Waals surface area contributed by atoms with E-state index in [0.717, 1.165) is 28.8 Å². The number of methoxy groups -OCH3 is 1. The predicted molar refractivity (Wildman–Crippen MR) is 112 cm³/mol. The Kier molecular flexibility index (Phi) is 4.46. The summed E-state index contributed by atoms with van der Waals surface area (Å²) in [7, 11) is 1.68. The Morgan fingerprint density at radius 2 is 1.86 bits per heavy atom. The molecule has 0 bridgehead atoms. The van der Waals surface area contributed by atoms with E-state index in [4.69, 9.17) is 9.47 Å². The fourth-order valence-corrected chi connectivity index (χ4v) is 5.08. The van der Waals surface area contributed by atoms with Crippen molar-refractivity contribution in [2.75, 3.05) is 13.7 Å². The van der Waals surface area contributed by atoms with Gasteiger partial charge in [-0.05, 0) is 60.2 Å². The first-order valence-corrected chi connectivity index (χ1v) is 10.4. The quantitative estimate of drug-likeness (QED) is 0.642. The third-order valence-corrected chi connectivity index (χ3v) is 6.39. The van der Waals surface area contributed by atoms with Gasteiger partial charge >= 0.3 is 5.97 Å². The number of rotatable bonds is 4. The van der Waals surface area contributed by atoms with Crippen LogP contribution in [0.1, 0.15) is 53.9 Å². The average molecular weight is 391 g/mol. The van der Waals surface area contributed by atoms with Crippen LogP contribution in [0.5, 0.6) is 11.5 Å². The highest BCUT2D eigenvalue weighted by Gasteiger charge is 2.31. The van der Waals surface area contributed by atoms with Gasteiger partial charge in [-0.1, -0.05) is 25.3 Å². The second-order valence-corrected chi connectivity index (χ2v) is 7.97. The van der Waals surface area contributed by atoms with Gasteiger partial charge in [-0.3, -0.25) is 0 Å². The molecule has 2 heterocycles. The zero-order valence-electron chi connectivity index (χ0n) is 16.6. The van der Waals surface area contributed by atoms with E-state index < -0.39 is 5.97 Å². The zero-order valence-corrected chi connectivity index (χ0v) is 16.6. The maximum absolute atomic E-state index is 11.8. The third kappa shape index (κ3) is 2.87. The predicted octanol–water partition coefficient (Wildman–Crippen LogP) is 5.46. The molecule has 5 nitrogen and oxygen atoms in total. The van der Waals surface area contributed by atoms with Crippen LogP contribution in [0.4, 0.5) is 0 Å². The number of carboxylic acid groups (broad SMARTS) is 1. The summed E-state index contributed by atoms with van der Waals surface area (Å²) in [6.07, 6.45) is 6.15. The maximum atomic E-state index is 11.8. The molecule has 1 aromatic heterocycles. The fraction of sp³-hybridized carbons (Fsp3) is 0.375. The number of aromatic nitrogens is 1. The van der Waals surface area contributed by atoms with E-state index >= 15 is 0 Å². The SMILES string of the molecule is COc1ccc(-c2c(C3CCCCC3)c3ccc(C(=O)O)c4c3n2CCO4)cc1. The van der Waals surface area contributed by atoms with Crippen molar-refractivity contribution in [3.8, 4) is 22.8 Å². The lowest BCUT2D eigenvalue weighted by atomic mass is 9.81. The van der Waals surface area contributed by atoms with E-state index in [0.29, 0.717) is 18.3 Å². The molecule has 0 unspecified atom stereocenters. The van der Waals surface area contributed by atoms with Crippen LogP contribution in [0.2, 0.25) is 0 Å². The van der Waals surface area contributed by atoms with E-state index in [9.17, 15) is 9.90 Å². The Hall–Kier alpha value is -2.95. The highest BCUT2D eigenvalue weighted by Crippen LogP contribution is 2.48. The summed E-state index contributed by atoms with van der Waals surface area (Å²) in [5.74, 6) is 0.894. The highest BCUT2D eigenvalue weighted by atomic mass is 16.5. The monoisotopic (exact) mass is 391 g/mol. The van der Waals surface area contributed by atoms with Gasteiger partial charge in [0.2, 0.25) is 0 Å². The molecule has 29 heavy (non-hydrogen) atoms. The molecule has 2 aromatic carbocycles. The molecule has 0 saturated heterocycles. The van der Waals surface area contributed by atoms with Crippen LogP contribution in [0, 0.1) is 0 Å². The van der Waals surface area contributed by atoms with Crippen molar-refractivity contribution in [2.24, 2.45) is 0 Å². The van der Waals surface area contributed by atoms with E-state index in [1.807, 2.05) is 18.2 Å². The summed E-state index contributed by atoms with van der Waals surface area (Å²) in [6, 6.07) is 11.9. The molecule has 1 fully saturated rings. The molecular formula is C24H25NO4. The molecule has 2 aliphatic rings. The van der Waals surface area contributed by atoms with Crippen LogP contribution in [0.15, 0.2) is 36.4 Å². The lowest BCUT2D eigenvalue weighted by molar-refractivity contribution is 0.0692. The minimum absolute atomic E-state index is 0.243. The summed E-state index contributed by atoms with van der Waals surface area (Å²) >= 11 is 0. The van der Waals surface area contributed by atoms with Gasteiger partial charge in [0.15, 0.2) is 5.75 Å². The molecular weight excluding hydrogens is 366 g/mol. The Labute approximate surface area is 169 Å². The molecule has 5 rings (SSSR count). The van der Waals surface area contributed by atoms with Crippen LogP contribution in [-0.4, -0.2) is 29.4 Å². The number of carboxylic acids is 1. The zero-order chi connectivity index (χ0) is 20.0. The third-order valence-electron chi connectivity index (χ3n) is 6.39. The molecule has 1 aliphatic heterocycles. The molecule has 0 radical (unpaired) electrons. The van der Waals surface area contributed by atoms with Crippen molar-refractivity contribution in [1.82, 2.24) is 4.57 Å². The second kappa shape index (κ2) is 7.14. The second-order valence-electron chi connectivity index (χ2n) is 7.97. The molecule has 0 spiro atoms. The average Bonchev–Trinajstić information content (AvgIpc) is 3.10. The van der Waals surface area contributed by atoms with Crippen LogP contribution < -0.4 is 9.47 Å². The summed E-state index contributed by atoms with van der Waals surface area (Å²) in [5.41, 5.74) is 4.89. The smallest absolute Gasteiger partial charge is 0.339 e. The number of benzene rings is 2. The van der Waals surface area contributed by atoms with Crippen molar-refractivity contribution in [3.63, 3.8) is 0 Å². The first-order valence-electron chi connectivity index (χ1n) is 10.4. The van der Waals surface area contributed by atoms with E-state index in [1.165, 1.54) is 43.4 Å². The maximum Gasteiger partial charge on any atom is 0.339 e. The van der Waals surface area contributed by atoms with Crippen molar-refractivity contribution in [3.05, 3.63) is 47.5 Å². The van der Waals surface area contributed by atoms with Gasteiger partial charge < -0.3 is 19.1 Å². The number of ether oxygens (including phenoxy) is 2. The van der Waals surface area contributed by atoms with Crippen LogP contribution in [0.25, 0.3) is 22.2 Å². The first-order chi connectivity index (χ1) is 14.2. The Balaban J connectivity index is 1.81. The van der Waals surface area contributed by atoms with Gasteiger partial charge in [0.1, 0.15) is 17.9 Å². The Bertz CT molecular complexity index is 1070. The lowest BCUT2D eigenvalue weighted by Gasteiger charge is -2.24. The topological polar surface area (TPSA) is 60.7 Å². The van der Waals surface area contributed by atoms with Crippen molar-refractivity contribution < 1.29 is 19.4 Å². The molecule has 1 saturated carbocycles. The molecule has 0 amide bonds. The summed E-state index contributed by atoms with van der Waals surface area (Å²) in [4.78, 5) is 11.8. The van der Waals surface area contributed by atoms with Gasteiger partial charge in [-0.2, -0.15) is 0 Å². The fourth-order valence-electron chi connectivity index (χ4n) is 5.08. The molecule has 150 valence electrons. The van der Waals surface area contributed by atoms with Crippen LogP contribution >= 0.6 is 0 Å². The minimum Gasteiger partial charge on any atom is -0.497 e. The number of nitrogens with zero attached hydrogens (tertiary/aromatic N) is 1. The van der Waals surface area contributed by atoms with E-state index in [1.54, 1.807) is 13.2 Å². The number of carbonyl (C=O) groups is 1. The standard InChI is InChI=1S/C24H25NO4/c1-28-17-9-7-16(8-10-17)21-20(15-5-3-2-4-6-15)18-11-12-19(24(26)27)23-22(18)25(21)13-14-29-23/h7-12,15H,2-6,13-14H2,1H3,(H,26,27). The summed E-state index contributed by atoms with van der Waals surface area (Å²) in [5, 5.41) is 10.8. The van der Waals surface area contributed by atoms with Gasteiger partial charge in [0.05, 0.1) is 24.9 Å². The van der Waals surface area contributed by atoms with Gasteiger partial charge in [0, 0.05) is 5.39 Å². The number of hydrogen-bond acceptors (Lipinski definition) is 3. The van der Waals surface area contributed by atoms with Crippen molar-refractivity contribution >= 4 is 16.9 Å². The van der Waals surface area contributed by atoms with Crippen molar-refractivity contribution in [2.45, 2.75) is 44.6 Å². The van der Waals surface area contributed by atoms with Crippen LogP contribution in [-0.2, 0) is 6.54 Å². The summed E-state index contributed by atoms with van der Waals surface area (Å²) < 4.78 is 13.5. The summed E-state index contributed by atoms with van der Waals surface area (Å²) in [6.45, 7) is 1.20. The molecule has 1 N–H and O–H groups in total. The Morgan fingerprint density at radius 1 is 1.10 bits per heavy atom. The van der Waals surface area contributed by atoms with Crippen molar-refractivity contribution in [1.29, 1.82) is 0 Å². The van der Waals surface area contributed by atoms with Gasteiger partial charge in [0.25, 0.3) is 0 Å². The largest absolute Gasteiger partial charge is 0.497 e. The molecule has 3 aromatic rings. The normalized spacial score (nSPS) is 16.6. The lowest BCUT2D eigenvalue weighted by Crippen LogP contribution is -2.17. The number of hydrogen-bond donors (Lipinski definition) is 1. The molecule has 1 aliphatic carbocycles. The molecule has 0 atom stereocenters. The first kappa shape index (κ1) is 18.1. The van der Waals surface area contributed by atoms with E-state index in [2.05, 4.69) is 16.7 Å². The van der Waals surface area contributed by atoms with Crippen LogP contribution in [0.3, 0.4) is 0 Å². The highest BCUT2D eigenvalue weighted by molar-refractivity contribution is 6.03. The minimum atomic E-state index is -0.943.